The summed E-state index contributed by atoms with van der Waals surface area (Å²) in [5.74, 6) is 0.930. The minimum atomic E-state index is 0.438. The zero-order valence-electron chi connectivity index (χ0n) is 14.0. The van der Waals surface area contributed by atoms with Gasteiger partial charge in [-0.15, -0.1) is 0 Å². The Labute approximate surface area is 144 Å². The van der Waals surface area contributed by atoms with E-state index in [1.54, 1.807) is 0 Å². The molecule has 0 bridgehead atoms. The van der Waals surface area contributed by atoms with Crippen molar-refractivity contribution in [2.45, 2.75) is 45.7 Å². The van der Waals surface area contributed by atoms with Crippen molar-refractivity contribution in [2.24, 2.45) is 0 Å². The Kier molecular flexibility index (Phi) is 7.44. The molecule has 0 unspecified atom stereocenters. The lowest BCUT2D eigenvalue weighted by Gasteiger charge is -2.16. The highest BCUT2D eigenvalue weighted by atomic mass is 35.5. The third-order valence-corrected chi connectivity index (χ3v) is 4.07. The molecule has 0 saturated carbocycles. The summed E-state index contributed by atoms with van der Waals surface area (Å²) in [5, 5.41) is 4.33. The van der Waals surface area contributed by atoms with Crippen molar-refractivity contribution in [2.75, 3.05) is 6.61 Å². The second-order valence-corrected chi connectivity index (χ2v) is 6.34. The fourth-order valence-electron chi connectivity index (χ4n) is 2.45. The summed E-state index contributed by atoms with van der Waals surface area (Å²) in [6, 6.07) is 16.9. The van der Waals surface area contributed by atoms with Crippen LogP contribution in [0.3, 0.4) is 0 Å². The van der Waals surface area contributed by atoms with E-state index in [-0.39, 0.29) is 0 Å². The molecule has 1 N–H and O–H groups in total. The van der Waals surface area contributed by atoms with Crippen molar-refractivity contribution in [3.05, 3.63) is 64.7 Å². The quantitative estimate of drug-likeness (QED) is 0.678. The molecule has 2 aromatic rings. The zero-order chi connectivity index (χ0) is 16.5. The highest BCUT2D eigenvalue weighted by Gasteiger charge is 2.07. The summed E-state index contributed by atoms with van der Waals surface area (Å²) < 4.78 is 5.80. The van der Waals surface area contributed by atoms with E-state index in [2.05, 4.69) is 49.5 Å². The second kappa shape index (κ2) is 9.59. The van der Waals surface area contributed by atoms with Gasteiger partial charge >= 0.3 is 0 Å². The summed E-state index contributed by atoms with van der Waals surface area (Å²) in [5.41, 5.74) is 2.51. The van der Waals surface area contributed by atoms with Crippen molar-refractivity contribution in [1.82, 2.24) is 5.32 Å². The maximum absolute atomic E-state index is 6.12. The molecule has 0 aliphatic rings. The number of rotatable bonds is 9. The normalized spacial score (nSPS) is 12.1. The van der Waals surface area contributed by atoms with Crippen LogP contribution >= 0.6 is 11.6 Å². The minimum Gasteiger partial charge on any atom is -0.493 e. The largest absolute Gasteiger partial charge is 0.493 e. The van der Waals surface area contributed by atoms with E-state index >= 15 is 0 Å². The average molecular weight is 332 g/mol. The van der Waals surface area contributed by atoms with Gasteiger partial charge in [-0.3, -0.25) is 0 Å². The first-order chi connectivity index (χ1) is 11.2. The van der Waals surface area contributed by atoms with Crippen LogP contribution in [-0.4, -0.2) is 12.6 Å². The smallest absolute Gasteiger partial charge is 0.123 e. The first kappa shape index (κ1) is 17.8. The summed E-state index contributed by atoms with van der Waals surface area (Å²) in [7, 11) is 0. The predicted molar refractivity (Wildman–Crippen MR) is 98.3 cm³/mol. The Morgan fingerprint density at radius 2 is 1.91 bits per heavy atom. The van der Waals surface area contributed by atoms with Crippen LogP contribution in [0.5, 0.6) is 5.75 Å². The molecule has 23 heavy (non-hydrogen) atoms. The molecule has 0 aromatic heterocycles. The van der Waals surface area contributed by atoms with Crippen LogP contribution in [0.1, 0.15) is 37.8 Å². The molecule has 0 fully saturated rings. The van der Waals surface area contributed by atoms with Crippen LogP contribution in [0.2, 0.25) is 5.02 Å². The maximum atomic E-state index is 6.12. The third-order valence-electron chi connectivity index (χ3n) is 3.83. The lowest BCUT2D eigenvalue weighted by atomic mass is 10.1. The lowest BCUT2D eigenvalue weighted by molar-refractivity contribution is 0.312. The molecule has 0 aliphatic carbocycles. The van der Waals surface area contributed by atoms with Crippen LogP contribution in [0.15, 0.2) is 48.5 Å². The number of ether oxygens (including phenoxy) is 1. The van der Waals surface area contributed by atoms with Gasteiger partial charge in [0.2, 0.25) is 0 Å². The molecule has 3 heteroatoms. The molecule has 0 aliphatic heterocycles. The van der Waals surface area contributed by atoms with Crippen LogP contribution in [0.25, 0.3) is 0 Å². The molecule has 1 atom stereocenters. The Hall–Kier alpha value is -1.51. The molecule has 2 rings (SSSR count). The number of benzene rings is 2. The molecule has 0 heterocycles. The Balaban J connectivity index is 1.85. The number of hydrogen-bond donors (Lipinski definition) is 1. The number of hydrogen-bond acceptors (Lipinski definition) is 2. The van der Waals surface area contributed by atoms with Crippen LogP contribution in [0, 0.1) is 0 Å². The molecule has 0 amide bonds. The monoisotopic (exact) mass is 331 g/mol. The van der Waals surface area contributed by atoms with E-state index in [4.69, 9.17) is 16.3 Å². The third kappa shape index (κ3) is 6.25. The fraction of sp³-hybridized carbons (Fsp3) is 0.400. The van der Waals surface area contributed by atoms with Crippen LogP contribution in [-0.2, 0) is 13.0 Å². The minimum absolute atomic E-state index is 0.438. The molecule has 0 radical (unpaired) electrons. The summed E-state index contributed by atoms with van der Waals surface area (Å²) in [4.78, 5) is 0. The first-order valence-electron chi connectivity index (χ1n) is 8.37. The van der Waals surface area contributed by atoms with Gasteiger partial charge in [0.25, 0.3) is 0 Å². The Bertz CT molecular complexity index is 585. The highest BCUT2D eigenvalue weighted by Crippen LogP contribution is 2.23. The zero-order valence-corrected chi connectivity index (χ0v) is 14.8. The SMILES string of the molecule is CCCOc1ccc(Cl)cc1CN[C@H](C)CCc1ccccc1. The molecular weight excluding hydrogens is 306 g/mol. The van der Waals surface area contributed by atoms with Crippen molar-refractivity contribution in [3.63, 3.8) is 0 Å². The summed E-state index contributed by atoms with van der Waals surface area (Å²) in [6.45, 7) is 5.84. The van der Waals surface area contributed by atoms with Gasteiger partial charge in [-0.2, -0.15) is 0 Å². The van der Waals surface area contributed by atoms with Gasteiger partial charge in [-0.1, -0.05) is 48.9 Å². The topological polar surface area (TPSA) is 21.3 Å². The summed E-state index contributed by atoms with van der Waals surface area (Å²) in [6.07, 6.45) is 3.20. The van der Waals surface area contributed by atoms with E-state index in [1.165, 1.54) is 5.56 Å². The molecule has 0 saturated heterocycles. The maximum Gasteiger partial charge on any atom is 0.123 e. The van der Waals surface area contributed by atoms with Gasteiger partial charge in [-0.05, 0) is 49.9 Å². The molecule has 2 aromatic carbocycles. The van der Waals surface area contributed by atoms with Gasteiger partial charge in [0.1, 0.15) is 5.75 Å². The van der Waals surface area contributed by atoms with E-state index in [0.29, 0.717) is 6.04 Å². The Morgan fingerprint density at radius 1 is 1.13 bits per heavy atom. The van der Waals surface area contributed by atoms with E-state index in [0.717, 1.165) is 48.7 Å². The van der Waals surface area contributed by atoms with Crippen molar-refractivity contribution < 1.29 is 4.74 Å². The van der Waals surface area contributed by atoms with Gasteiger partial charge in [-0.25, -0.2) is 0 Å². The highest BCUT2D eigenvalue weighted by molar-refractivity contribution is 6.30. The molecule has 124 valence electrons. The number of nitrogens with one attached hydrogen (secondary N) is 1. The fourth-order valence-corrected chi connectivity index (χ4v) is 2.65. The van der Waals surface area contributed by atoms with Gasteiger partial charge in [0, 0.05) is 23.2 Å². The second-order valence-electron chi connectivity index (χ2n) is 5.91. The number of aryl methyl sites for hydroxylation is 1. The first-order valence-corrected chi connectivity index (χ1v) is 8.75. The van der Waals surface area contributed by atoms with Crippen LogP contribution in [0.4, 0.5) is 0 Å². The molecule has 2 nitrogen and oxygen atoms in total. The molecular formula is C20H26ClNO. The van der Waals surface area contributed by atoms with Crippen molar-refractivity contribution in [3.8, 4) is 5.75 Å². The Morgan fingerprint density at radius 3 is 2.65 bits per heavy atom. The van der Waals surface area contributed by atoms with Gasteiger partial charge in [0.05, 0.1) is 6.61 Å². The average Bonchev–Trinajstić information content (AvgIpc) is 2.58. The van der Waals surface area contributed by atoms with E-state index in [9.17, 15) is 0 Å². The van der Waals surface area contributed by atoms with E-state index in [1.807, 2.05) is 18.2 Å². The van der Waals surface area contributed by atoms with Gasteiger partial charge < -0.3 is 10.1 Å². The van der Waals surface area contributed by atoms with E-state index < -0.39 is 0 Å². The summed E-state index contributed by atoms with van der Waals surface area (Å²) >= 11 is 6.12. The standard InChI is InChI=1S/C20H26ClNO/c1-3-13-23-20-12-11-19(21)14-18(20)15-22-16(2)9-10-17-7-5-4-6-8-17/h4-8,11-12,14,16,22H,3,9-10,13,15H2,1-2H3/t16-/m1/s1. The predicted octanol–water partition coefficient (Wildman–Crippen LogP) is 5.24. The number of halogens is 1. The lowest BCUT2D eigenvalue weighted by Crippen LogP contribution is -2.26. The van der Waals surface area contributed by atoms with Crippen molar-refractivity contribution >= 4 is 11.6 Å². The van der Waals surface area contributed by atoms with Crippen LogP contribution < -0.4 is 10.1 Å². The van der Waals surface area contributed by atoms with Gasteiger partial charge in [0.15, 0.2) is 0 Å². The van der Waals surface area contributed by atoms with Crippen molar-refractivity contribution in [1.29, 1.82) is 0 Å². The molecule has 0 spiro atoms.